The van der Waals surface area contributed by atoms with Gasteiger partial charge in [0.1, 0.15) is 5.58 Å². The van der Waals surface area contributed by atoms with Crippen LogP contribution in [-0.2, 0) is 6.54 Å². The molecule has 1 amide bonds. The first-order valence-electron chi connectivity index (χ1n) is 8.16. The van der Waals surface area contributed by atoms with Gasteiger partial charge in [-0.2, -0.15) is 5.10 Å². The van der Waals surface area contributed by atoms with E-state index in [0.717, 1.165) is 28.4 Å². The van der Waals surface area contributed by atoms with E-state index in [1.165, 1.54) is 0 Å². The lowest BCUT2D eigenvalue weighted by molar-refractivity contribution is 0.0929. The predicted molar refractivity (Wildman–Crippen MR) is 98.9 cm³/mol. The number of aryl methyl sites for hydroxylation is 1. The molecule has 1 N–H and O–H groups in total. The second-order valence-corrected chi connectivity index (χ2v) is 5.74. The Balaban J connectivity index is 1.55. The van der Waals surface area contributed by atoms with Crippen LogP contribution in [0, 0.1) is 0 Å². The Morgan fingerprint density at radius 2 is 2.00 bits per heavy atom. The number of hydrogen-bond donors (Lipinski definition) is 1. The summed E-state index contributed by atoms with van der Waals surface area (Å²) in [6.45, 7) is 2.97. The maximum atomic E-state index is 12.2. The van der Waals surface area contributed by atoms with Crippen molar-refractivity contribution in [3.63, 3.8) is 0 Å². The van der Waals surface area contributed by atoms with E-state index in [-0.39, 0.29) is 11.7 Å². The summed E-state index contributed by atoms with van der Waals surface area (Å²) in [7, 11) is 0. The van der Waals surface area contributed by atoms with Crippen LogP contribution < -0.4 is 5.43 Å². The van der Waals surface area contributed by atoms with Crippen LogP contribution in [0.25, 0.3) is 21.9 Å². The molecule has 0 aliphatic heterocycles. The number of amides is 1. The molecule has 2 aromatic heterocycles. The van der Waals surface area contributed by atoms with Crippen LogP contribution in [-0.4, -0.2) is 16.7 Å². The third kappa shape index (κ3) is 2.80. The van der Waals surface area contributed by atoms with E-state index in [1.807, 2.05) is 48.7 Å². The fourth-order valence-electron chi connectivity index (χ4n) is 2.95. The van der Waals surface area contributed by atoms with Crippen LogP contribution >= 0.6 is 0 Å². The average molecular weight is 331 g/mol. The summed E-state index contributed by atoms with van der Waals surface area (Å²) in [5.74, 6) is -0.124. The topological polar surface area (TPSA) is 59.5 Å². The molecule has 124 valence electrons. The molecule has 2 aromatic carbocycles. The molecule has 0 saturated heterocycles. The summed E-state index contributed by atoms with van der Waals surface area (Å²) in [6, 6.07) is 17.3. The molecule has 25 heavy (non-hydrogen) atoms. The van der Waals surface area contributed by atoms with E-state index in [1.54, 1.807) is 12.3 Å². The van der Waals surface area contributed by atoms with Crippen molar-refractivity contribution in [1.82, 2.24) is 9.99 Å². The number of fused-ring (bicyclic) bond motifs is 2. The Hall–Kier alpha value is -3.34. The molecule has 0 aliphatic rings. The summed E-state index contributed by atoms with van der Waals surface area (Å²) in [5, 5.41) is 6.08. The number of carbonyl (C=O) groups excluding carboxylic acids is 1. The Kier molecular flexibility index (Phi) is 3.82. The van der Waals surface area contributed by atoms with Gasteiger partial charge in [0.15, 0.2) is 5.76 Å². The molecule has 0 radical (unpaired) electrons. The molecule has 0 bridgehead atoms. The Bertz CT molecular complexity index is 1060. The maximum absolute atomic E-state index is 12.2. The van der Waals surface area contributed by atoms with Gasteiger partial charge in [0.25, 0.3) is 0 Å². The van der Waals surface area contributed by atoms with Crippen molar-refractivity contribution < 1.29 is 9.21 Å². The number of rotatable bonds is 4. The molecule has 0 unspecified atom stereocenters. The fourth-order valence-corrected chi connectivity index (χ4v) is 2.95. The fraction of sp³-hybridized carbons (Fsp3) is 0.100. The number of para-hydroxylation sites is 2. The zero-order valence-corrected chi connectivity index (χ0v) is 13.8. The van der Waals surface area contributed by atoms with E-state index in [0.29, 0.717) is 5.58 Å². The molecule has 4 aromatic rings. The lowest BCUT2D eigenvalue weighted by atomic mass is 10.2. The monoisotopic (exact) mass is 331 g/mol. The highest BCUT2D eigenvalue weighted by Crippen LogP contribution is 2.20. The minimum Gasteiger partial charge on any atom is -0.451 e. The lowest BCUT2D eigenvalue weighted by Crippen LogP contribution is -2.16. The van der Waals surface area contributed by atoms with Gasteiger partial charge in [-0.1, -0.05) is 36.4 Å². The first-order chi connectivity index (χ1) is 12.3. The summed E-state index contributed by atoms with van der Waals surface area (Å²) >= 11 is 0. The van der Waals surface area contributed by atoms with Crippen LogP contribution in [0.1, 0.15) is 23.0 Å². The average Bonchev–Trinajstić information content (AvgIpc) is 3.23. The van der Waals surface area contributed by atoms with Gasteiger partial charge in [-0.25, -0.2) is 5.43 Å². The van der Waals surface area contributed by atoms with Gasteiger partial charge in [-0.05, 0) is 25.1 Å². The normalized spacial score (nSPS) is 11.6. The van der Waals surface area contributed by atoms with E-state index in [4.69, 9.17) is 4.42 Å². The minimum atomic E-state index is -0.369. The van der Waals surface area contributed by atoms with Gasteiger partial charge < -0.3 is 8.98 Å². The zero-order chi connectivity index (χ0) is 17.2. The van der Waals surface area contributed by atoms with Crippen LogP contribution in [0.2, 0.25) is 0 Å². The van der Waals surface area contributed by atoms with E-state index in [2.05, 4.69) is 28.1 Å². The quantitative estimate of drug-likeness (QED) is 0.451. The Morgan fingerprint density at radius 1 is 1.20 bits per heavy atom. The van der Waals surface area contributed by atoms with Crippen molar-refractivity contribution >= 4 is 34.0 Å². The van der Waals surface area contributed by atoms with Gasteiger partial charge in [0.2, 0.25) is 0 Å². The van der Waals surface area contributed by atoms with Crippen LogP contribution in [0.4, 0.5) is 0 Å². The van der Waals surface area contributed by atoms with Crippen LogP contribution in [0.15, 0.2) is 70.3 Å². The lowest BCUT2D eigenvalue weighted by Gasteiger charge is -1.97. The molecule has 0 atom stereocenters. The van der Waals surface area contributed by atoms with Crippen molar-refractivity contribution in [3.8, 4) is 0 Å². The highest BCUT2D eigenvalue weighted by molar-refractivity contribution is 6.00. The van der Waals surface area contributed by atoms with Crippen molar-refractivity contribution in [2.24, 2.45) is 5.10 Å². The summed E-state index contributed by atoms with van der Waals surface area (Å²) in [4.78, 5) is 12.2. The number of hydrazone groups is 1. The van der Waals surface area contributed by atoms with Gasteiger partial charge >= 0.3 is 5.91 Å². The van der Waals surface area contributed by atoms with Gasteiger partial charge in [-0.3, -0.25) is 4.79 Å². The van der Waals surface area contributed by atoms with Crippen molar-refractivity contribution in [1.29, 1.82) is 0 Å². The summed E-state index contributed by atoms with van der Waals surface area (Å²) in [5.41, 5.74) is 5.32. The SMILES string of the molecule is CCn1cc(/C=N/NC(=O)c2cc3ccccc3o2)c2ccccc21. The second kappa shape index (κ2) is 6.28. The molecule has 5 heteroatoms. The number of nitrogens with one attached hydrogen (secondary N) is 1. The van der Waals surface area contributed by atoms with Crippen molar-refractivity contribution in [3.05, 3.63) is 72.1 Å². The third-order valence-electron chi connectivity index (χ3n) is 4.18. The Morgan fingerprint density at radius 3 is 2.84 bits per heavy atom. The third-order valence-corrected chi connectivity index (χ3v) is 4.18. The number of furan rings is 1. The minimum absolute atomic E-state index is 0.245. The van der Waals surface area contributed by atoms with E-state index >= 15 is 0 Å². The maximum Gasteiger partial charge on any atom is 0.307 e. The largest absolute Gasteiger partial charge is 0.451 e. The second-order valence-electron chi connectivity index (χ2n) is 5.74. The van der Waals surface area contributed by atoms with Crippen molar-refractivity contribution in [2.45, 2.75) is 13.5 Å². The zero-order valence-electron chi connectivity index (χ0n) is 13.8. The number of benzene rings is 2. The van der Waals surface area contributed by atoms with Gasteiger partial charge in [-0.15, -0.1) is 0 Å². The smallest absolute Gasteiger partial charge is 0.307 e. The van der Waals surface area contributed by atoms with Crippen LogP contribution in [0.3, 0.4) is 0 Å². The number of nitrogens with zero attached hydrogens (tertiary/aromatic N) is 2. The molecule has 0 aliphatic carbocycles. The molecule has 2 heterocycles. The first kappa shape index (κ1) is 15.2. The molecule has 4 rings (SSSR count). The number of carbonyl (C=O) groups is 1. The molecule has 0 fully saturated rings. The van der Waals surface area contributed by atoms with Crippen molar-refractivity contribution in [2.75, 3.05) is 0 Å². The molecule has 5 nitrogen and oxygen atoms in total. The number of hydrogen-bond acceptors (Lipinski definition) is 3. The molecular weight excluding hydrogens is 314 g/mol. The molecule has 0 saturated carbocycles. The highest BCUT2D eigenvalue weighted by atomic mass is 16.3. The standard InChI is InChI=1S/C20H17N3O2/c1-2-23-13-15(16-8-4-5-9-17(16)23)12-21-22-20(24)19-11-14-7-3-6-10-18(14)25-19/h3-13H,2H2,1H3,(H,22,24)/b21-12+. The van der Waals surface area contributed by atoms with Gasteiger partial charge in [0, 0.05) is 34.6 Å². The molecule has 0 spiro atoms. The molecular formula is C20H17N3O2. The number of aromatic nitrogens is 1. The highest BCUT2D eigenvalue weighted by Gasteiger charge is 2.11. The van der Waals surface area contributed by atoms with Gasteiger partial charge in [0.05, 0.1) is 6.21 Å². The Labute approximate surface area is 144 Å². The first-order valence-corrected chi connectivity index (χ1v) is 8.16. The van der Waals surface area contributed by atoms with E-state index < -0.39 is 0 Å². The summed E-state index contributed by atoms with van der Waals surface area (Å²) in [6.07, 6.45) is 3.69. The predicted octanol–water partition coefficient (Wildman–Crippen LogP) is 4.17. The van der Waals surface area contributed by atoms with Crippen LogP contribution in [0.5, 0.6) is 0 Å². The van der Waals surface area contributed by atoms with E-state index in [9.17, 15) is 4.79 Å². The summed E-state index contributed by atoms with van der Waals surface area (Å²) < 4.78 is 7.68.